The van der Waals surface area contributed by atoms with Crippen molar-refractivity contribution in [3.63, 3.8) is 0 Å². The quantitative estimate of drug-likeness (QED) is 0.657. The molecular weight excluding hydrogens is 413 g/mol. The Kier molecular flexibility index (Phi) is 4.15. The van der Waals surface area contributed by atoms with Gasteiger partial charge in [-0.25, -0.2) is 4.98 Å². The first-order valence-electron chi connectivity index (χ1n) is 7.98. The van der Waals surface area contributed by atoms with E-state index >= 15 is 0 Å². The first-order valence-corrected chi connectivity index (χ1v) is 8.77. The number of benzene rings is 1. The number of nitrogens with one attached hydrogen (secondary N) is 2. The van der Waals surface area contributed by atoms with Gasteiger partial charge >= 0.3 is 6.18 Å². The SMILES string of the molecule is O=c1[nH]c(C(F)(F)F)nc2c1CN(Cc1c[nH]c3cc(Br)ccc13)CC2. The smallest absolute Gasteiger partial charge is 0.361 e. The van der Waals surface area contributed by atoms with Crippen molar-refractivity contribution in [2.75, 3.05) is 6.54 Å². The molecule has 0 saturated heterocycles. The summed E-state index contributed by atoms with van der Waals surface area (Å²) in [7, 11) is 0. The lowest BCUT2D eigenvalue weighted by molar-refractivity contribution is -0.145. The van der Waals surface area contributed by atoms with Crippen LogP contribution in [0, 0.1) is 0 Å². The average molecular weight is 427 g/mol. The van der Waals surface area contributed by atoms with Gasteiger partial charge in [-0.15, -0.1) is 0 Å². The van der Waals surface area contributed by atoms with Gasteiger partial charge in [0, 0.05) is 47.6 Å². The molecule has 0 spiro atoms. The van der Waals surface area contributed by atoms with E-state index < -0.39 is 17.6 Å². The van der Waals surface area contributed by atoms with E-state index in [1.807, 2.05) is 34.3 Å². The Morgan fingerprint density at radius 3 is 2.88 bits per heavy atom. The first-order chi connectivity index (χ1) is 12.3. The predicted octanol–water partition coefficient (Wildman–Crippen LogP) is 3.59. The van der Waals surface area contributed by atoms with E-state index in [1.165, 1.54) is 0 Å². The molecule has 136 valence electrons. The summed E-state index contributed by atoms with van der Waals surface area (Å²) in [4.78, 5) is 22.8. The van der Waals surface area contributed by atoms with Crippen LogP contribution < -0.4 is 5.56 Å². The number of nitrogens with zero attached hydrogens (tertiary/aromatic N) is 2. The number of halogens is 4. The second-order valence-electron chi connectivity index (χ2n) is 6.30. The third-order valence-corrected chi connectivity index (χ3v) is 5.03. The van der Waals surface area contributed by atoms with Crippen LogP contribution in [0.1, 0.15) is 22.6 Å². The molecule has 0 fully saturated rings. The number of H-pyrrole nitrogens is 2. The fourth-order valence-corrected chi connectivity index (χ4v) is 3.64. The molecule has 0 aliphatic carbocycles. The molecule has 3 heterocycles. The lowest BCUT2D eigenvalue weighted by atomic mass is 10.1. The summed E-state index contributed by atoms with van der Waals surface area (Å²) < 4.78 is 39.4. The zero-order valence-corrected chi connectivity index (χ0v) is 15.0. The number of hydrogen-bond donors (Lipinski definition) is 2. The Balaban J connectivity index is 1.59. The highest BCUT2D eigenvalue weighted by Crippen LogP contribution is 2.28. The van der Waals surface area contributed by atoms with Crippen LogP contribution in [0.15, 0.2) is 33.7 Å². The van der Waals surface area contributed by atoms with Gasteiger partial charge in [-0.2, -0.15) is 13.2 Å². The van der Waals surface area contributed by atoms with Crippen molar-refractivity contribution in [3.05, 3.63) is 61.9 Å². The second-order valence-corrected chi connectivity index (χ2v) is 7.22. The highest BCUT2D eigenvalue weighted by atomic mass is 79.9. The monoisotopic (exact) mass is 426 g/mol. The lowest BCUT2D eigenvalue weighted by Gasteiger charge is -2.27. The van der Waals surface area contributed by atoms with Crippen molar-refractivity contribution >= 4 is 26.8 Å². The zero-order chi connectivity index (χ0) is 18.5. The van der Waals surface area contributed by atoms with Gasteiger partial charge in [0.05, 0.1) is 11.3 Å². The van der Waals surface area contributed by atoms with Crippen molar-refractivity contribution in [2.45, 2.75) is 25.7 Å². The molecule has 0 atom stereocenters. The highest BCUT2D eigenvalue weighted by Gasteiger charge is 2.36. The third kappa shape index (κ3) is 3.16. The summed E-state index contributed by atoms with van der Waals surface area (Å²) in [6.07, 6.45) is -2.41. The summed E-state index contributed by atoms with van der Waals surface area (Å²) in [5.74, 6) is -1.23. The molecule has 0 radical (unpaired) electrons. The topological polar surface area (TPSA) is 64.8 Å². The Morgan fingerprint density at radius 2 is 2.12 bits per heavy atom. The minimum atomic E-state index is -4.65. The molecule has 2 N–H and O–H groups in total. The standard InChI is InChI=1S/C17H14BrF3N4O/c18-10-1-2-11-9(6-22-14(11)5-10)7-25-4-3-13-12(8-25)15(26)24-16(23-13)17(19,20)21/h1-2,5-6,22H,3-4,7-8H2,(H,23,24,26). The largest absolute Gasteiger partial charge is 0.449 e. The Bertz CT molecular complexity index is 1040. The second kappa shape index (κ2) is 6.24. The molecule has 0 saturated carbocycles. The molecule has 0 bridgehead atoms. The fraction of sp³-hybridized carbons (Fsp3) is 0.294. The molecule has 1 aliphatic rings. The van der Waals surface area contributed by atoms with E-state index in [9.17, 15) is 18.0 Å². The van der Waals surface area contributed by atoms with E-state index in [0.717, 1.165) is 20.9 Å². The molecule has 0 amide bonds. The Morgan fingerprint density at radius 1 is 1.31 bits per heavy atom. The Hall–Kier alpha value is -2.13. The number of fused-ring (bicyclic) bond motifs is 2. The zero-order valence-electron chi connectivity index (χ0n) is 13.5. The van der Waals surface area contributed by atoms with Crippen molar-refractivity contribution in [1.29, 1.82) is 0 Å². The van der Waals surface area contributed by atoms with Gasteiger partial charge in [0.15, 0.2) is 0 Å². The molecule has 26 heavy (non-hydrogen) atoms. The van der Waals surface area contributed by atoms with Gasteiger partial charge in [0.25, 0.3) is 5.56 Å². The first kappa shape index (κ1) is 17.3. The molecule has 1 aromatic carbocycles. The van der Waals surface area contributed by atoms with Crippen molar-refractivity contribution < 1.29 is 13.2 Å². The highest BCUT2D eigenvalue weighted by molar-refractivity contribution is 9.10. The summed E-state index contributed by atoms with van der Waals surface area (Å²) in [6.45, 7) is 1.42. The van der Waals surface area contributed by atoms with Crippen LogP contribution in [0.25, 0.3) is 10.9 Å². The molecular formula is C17H14BrF3N4O. The summed E-state index contributed by atoms with van der Waals surface area (Å²) in [5, 5.41) is 1.08. The third-order valence-electron chi connectivity index (χ3n) is 4.54. The van der Waals surface area contributed by atoms with Crippen molar-refractivity contribution in [3.8, 4) is 0 Å². The number of hydrogen-bond acceptors (Lipinski definition) is 3. The van der Waals surface area contributed by atoms with Crippen LogP contribution in [-0.2, 0) is 25.7 Å². The number of aromatic amines is 2. The molecule has 4 rings (SSSR count). The molecule has 3 aromatic rings. The summed E-state index contributed by atoms with van der Waals surface area (Å²) in [6, 6.07) is 5.95. The maximum atomic E-state index is 12.8. The van der Waals surface area contributed by atoms with E-state index in [1.54, 1.807) is 0 Å². The molecule has 5 nitrogen and oxygen atoms in total. The minimum Gasteiger partial charge on any atom is -0.361 e. The van der Waals surface area contributed by atoms with Crippen LogP contribution in [-0.4, -0.2) is 26.4 Å². The fourth-order valence-electron chi connectivity index (χ4n) is 3.28. The van der Waals surface area contributed by atoms with E-state index in [2.05, 4.69) is 25.9 Å². The van der Waals surface area contributed by atoms with Gasteiger partial charge in [-0.05, 0) is 17.7 Å². The molecule has 0 unspecified atom stereocenters. The predicted molar refractivity (Wildman–Crippen MR) is 93.7 cm³/mol. The van der Waals surface area contributed by atoms with Crippen LogP contribution in [0.2, 0.25) is 0 Å². The van der Waals surface area contributed by atoms with Crippen LogP contribution in [0.4, 0.5) is 13.2 Å². The Labute approximate surface area is 154 Å². The molecule has 2 aromatic heterocycles. The van der Waals surface area contributed by atoms with Crippen molar-refractivity contribution in [2.24, 2.45) is 0 Å². The van der Waals surface area contributed by atoms with E-state index in [-0.39, 0.29) is 12.2 Å². The van der Waals surface area contributed by atoms with E-state index in [0.29, 0.717) is 25.1 Å². The van der Waals surface area contributed by atoms with Gasteiger partial charge in [-0.1, -0.05) is 22.0 Å². The molecule has 9 heteroatoms. The maximum absolute atomic E-state index is 12.8. The van der Waals surface area contributed by atoms with E-state index in [4.69, 9.17) is 0 Å². The average Bonchev–Trinajstić information content (AvgIpc) is 2.96. The van der Waals surface area contributed by atoms with Gasteiger partial charge < -0.3 is 9.97 Å². The van der Waals surface area contributed by atoms with Gasteiger partial charge in [0.1, 0.15) is 0 Å². The van der Waals surface area contributed by atoms with Gasteiger partial charge in [-0.3, -0.25) is 9.69 Å². The van der Waals surface area contributed by atoms with Crippen LogP contribution >= 0.6 is 15.9 Å². The summed E-state index contributed by atoms with van der Waals surface area (Å²) in [5.41, 5.74) is 1.91. The number of rotatable bonds is 2. The minimum absolute atomic E-state index is 0.236. The van der Waals surface area contributed by atoms with Gasteiger partial charge in [0.2, 0.25) is 5.82 Å². The summed E-state index contributed by atoms with van der Waals surface area (Å²) >= 11 is 3.43. The normalized spacial score (nSPS) is 15.4. The van der Waals surface area contributed by atoms with Crippen molar-refractivity contribution in [1.82, 2.24) is 19.9 Å². The lowest BCUT2D eigenvalue weighted by Crippen LogP contribution is -2.36. The van der Waals surface area contributed by atoms with Crippen LogP contribution in [0.5, 0.6) is 0 Å². The number of aromatic nitrogens is 3. The maximum Gasteiger partial charge on any atom is 0.449 e. The van der Waals surface area contributed by atoms with Crippen LogP contribution in [0.3, 0.4) is 0 Å². The number of alkyl halides is 3. The molecule has 1 aliphatic heterocycles.